The minimum Gasteiger partial charge on any atom is -0.504 e. The third-order valence-electron chi connectivity index (χ3n) is 7.12. The number of nitriles is 1. The number of Topliss-reactive ketones (excluding diaryl/α,β-unsaturated/α-hetero) is 1. The van der Waals surface area contributed by atoms with Gasteiger partial charge in [0.1, 0.15) is 18.3 Å². The number of aromatic hydroxyl groups is 6. The normalized spacial score (nSPS) is 26.5. The van der Waals surface area contributed by atoms with Crippen LogP contribution in [0.25, 0.3) is 0 Å². The van der Waals surface area contributed by atoms with Crippen molar-refractivity contribution in [3.05, 3.63) is 47.0 Å². The van der Waals surface area contributed by atoms with Gasteiger partial charge in [0.2, 0.25) is 0 Å². The third kappa shape index (κ3) is 4.15. The fraction of sp³-hybridized carbons (Fsp3) is 0.346. The molecule has 2 aromatic rings. The third-order valence-corrected chi connectivity index (χ3v) is 7.12. The van der Waals surface area contributed by atoms with Crippen molar-refractivity contribution in [1.82, 2.24) is 0 Å². The Morgan fingerprint density at radius 2 is 1.49 bits per heavy atom. The molecule has 11 heteroatoms. The highest BCUT2D eigenvalue weighted by atomic mass is 16.6. The highest BCUT2D eigenvalue weighted by Crippen LogP contribution is 2.54. The van der Waals surface area contributed by atoms with Crippen LogP contribution in [0.2, 0.25) is 0 Å². The molecule has 37 heavy (non-hydrogen) atoms. The minimum atomic E-state index is -1.20. The smallest absolute Gasteiger partial charge is 0.338 e. The molecular formula is C26H25NO10. The molecule has 1 aliphatic heterocycles. The predicted molar refractivity (Wildman–Crippen MR) is 125 cm³/mol. The second kappa shape index (κ2) is 8.60. The van der Waals surface area contributed by atoms with Gasteiger partial charge in [0.15, 0.2) is 40.3 Å². The number of nitrogens with zero attached hydrogens (tertiary/aromatic N) is 1. The fourth-order valence-electron chi connectivity index (χ4n) is 5.22. The van der Waals surface area contributed by atoms with Crippen molar-refractivity contribution in [2.45, 2.75) is 45.0 Å². The summed E-state index contributed by atoms with van der Waals surface area (Å²) < 4.78 is 12.0. The van der Waals surface area contributed by atoms with Gasteiger partial charge >= 0.3 is 5.97 Å². The number of esters is 1. The molecule has 2 unspecified atom stereocenters. The number of phenols is 6. The van der Waals surface area contributed by atoms with Crippen molar-refractivity contribution in [3.8, 4) is 40.6 Å². The maximum Gasteiger partial charge on any atom is 0.338 e. The Morgan fingerprint density at radius 1 is 0.973 bits per heavy atom. The summed E-state index contributed by atoms with van der Waals surface area (Å²) in [6.07, 6.45) is -0.829. The van der Waals surface area contributed by atoms with Crippen LogP contribution >= 0.6 is 0 Å². The lowest BCUT2D eigenvalue weighted by atomic mass is 9.59. The topological polar surface area (TPSA) is 198 Å². The van der Waals surface area contributed by atoms with Gasteiger partial charge in [0.25, 0.3) is 0 Å². The predicted octanol–water partition coefficient (Wildman–Crippen LogP) is 3.04. The van der Waals surface area contributed by atoms with Crippen LogP contribution in [0.4, 0.5) is 0 Å². The van der Waals surface area contributed by atoms with E-state index in [9.17, 15) is 45.5 Å². The number of hydrogen-bond acceptors (Lipinski definition) is 11. The monoisotopic (exact) mass is 511 g/mol. The van der Waals surface area contributed by atoms with E-state index in [1.807, 2.05) is 6.07 Å². The fourth-order valence-corrected chi connectivity index (χ4v) is 5.22. The van der Waals surface area contributed by atoms with Crippen LogP contribution in [0, 0.1) is 22.7 Å². The largest absolute Gasteiger partial charge is 0.504 e. The number of benzene rings is 2. The summed E-state index contributed by atoms with van der Waals surface area (Å²) >= 11 is 0. The van der Waals surface area contributed by atoms with E-state index < -0.39 is 75.4 Å². The number of rotatable bonds is 3. The highest BCUT2D eigenvalue weighted by molar-refractivity contribution is 6.04. The molecule has 0 amide bonds. The van der Waals surface area contributed by atoms with Crippen molar-refractivity contribution < 1.29 is 49.7 Å². The highest BCUT2D eigenvalue weighted by Gasteiger charge is 2.58. The first-order chi connectivity index (χ1) is 17.2. The molecule has 1 saturated heterocycles. The molecule has 1 aliphatic carbocycles. The maximum atomic E-state index is 13.0. The summed E-state index contributed by atoms with van der Waals surface area (Å²) in [4.78, 5) is 26.0. The second-order valence-corrected chi connectivity index (χ2v) is 9.95. The average Bonchev–Trinajstić information content (AvgIpc) is 2.83. The summed E-state index contributed by atoms with van der Waals surface area (Å²) in [5.74, 6) is -6.39. The number of hydrogen-bond donors (Lipinski definition) is 6. The zero-order valence-corrected chi connectivity index (χ0v) is 20.1. The summed E-state index contributed by atoms with van der Waals surface area (Å²) in [6.45, 7) is 4.98. The molecule has 2 aliphatic rings. The lowest BCUT2D eigenvalue weighted by Crippen LogP contribution is -2.57. The first-order valence-corrected chi connectivity index (χ1v) is 11.3. The van der Waals surface area contributed by atoms with Gasteiger partial charge < -0.3 is 40.1 Å². The Morgan fingerprint density at radius 3 is 2.00 bits per heavy atom. The van der Waals surface area contributed by atoms with E-state index in [2.05, 4.69) is 0 Å². The molecule has 1 heterocycles. The standard InChI is InChI=1S/C26H25NO10/c1-25(2)19-8-18(36-24(35)12-6-16(30)21(33)17(31)7-12)22(11-4-14(28)20(32)15(29)5-11)37-26(19,3)9-13(10-27)23(25)34/h4-7,9,18-19,22,28-33H,8H2,1-3H3/t18-,19?,22+,26?/m1/s1. The number of carbonyl (C=O) groups is 2. The van der Waals surface area contributed by atoms with Gasteiger partial charge in [-0.2, -0.15) is 5.26 Å². The Balaban J connectivity index is 1.80. The molecule has 0 spiro atoms. The molecule has 4 rings (SSSR count). The Kier molecular flexibility index (Phi) is 5.96. The van der Waals surface area contributed by atoms with Crippen LogP contribution in [-0.2, 0) is 14.3 Å². The SMILES string of the molecule is CC12C=C(C#N)C(=O)C(C)(C)C1C[C@@H](OC(=O)c1cc(O)c(O)c(O)c1)[C@H](c1cc(O)c(O)c(O)c1)O2. The van der Waals surface area contributed by atoms with Crippen molar-refractivity contribution in [3.63, 3.8) is 0 Å². The van der Waals surface area contributed by atoms with E-state index in [-0.39, 0.29) is 23.1 Å². The molecule has 194 valence electrons. The number of phenolic OH excluding ortho intramolecular Hbond substituents is 6. The maximum absolute atomic E-state index is 13.0. The van der Waals surface area contributed by atoms with E-state index >= 15 is 0 Å². The van der Waals surface area contributed by atoms with Crippen LogP contribution in [0.15, 0.2) is 35.9 Å². The van der Waals surface area contributed by atoms with Crippen LogP contribution in [0.3, 0.4) is 0 Å². The van der Waals surface area contributed by atoms with Gasteiger partial charge in [-0.15, -0.1) is 0 Å². The van der Waals surface area contributed by atoms with E-state index in [1.165, 1.54) is 6.08 Å². The number of ketones is 1. The number of fused-ring (bicyclic) bond motifs is 1. The summed E-state index contributed by atoms with van der Waals surface area (Å²) in [5, 5.41) is 68.7. The summed E-state index contributed by atoms with van der Waals surface area (Å²) in [5.41, 5.74) is -2.55. The lowest BCUT2D eigenvalue weighted by molar-refractivity contribution is -0.204. The van der Waals surface area contributed by atoms with E-state index in [0.717, 1.165) is 24.3 Å². The molecule has 11 nitrogen and oxygen atoms in total. The van der Waals surface area contributed by atoms with Gasteiger partial charge in [-0.3, -0.25) is 4.79 Å². The molecule has 0 radical (unpaired) electrons. The average molecular weight is 511 g/mol. The van der Waals surface area contributed by atoms with Crippen LogP contribution in [0.1, 0.15) is 49.2 Å². The first-order valence-electron chi connectivity index (χ1n) is 11.3. The van der Waals surface area contributed by atoms with E-state index in [4.69, 9.17) is 9.47 Å². The van der Waals surface area contributed by atoms with Crippen molar-refractivity contribution in [2.75, 3.05) is 0 Å². The van der Waals surface area contributed by atoms with Gasteiger partial charge in [-0.25, -0.2) is 4.79 Å². The van der Waals surface area contributed by atoms with E-state index in [0.29, 0.717) is 0 Å². The molecule has 2 aromatic carbocycles. The molecule has 1 fully saturated rings. The second-order valence-electron chi connectivity index (χ2n) is 9.95. The number of allylic oxidation sites excluding steroid dienone is 1. The molecule has 0 aromatic heterocycles. The van der Waals surface area contributed by atoms with Crippen LogP contribution in [-0.4, -0.2) is 54.1 Å². The molecular weight excluding hydrogens is 486 g/mol. The number of carbonyl (C=O) groups excluding carboxylic acids is 2. The molecule has 6 N–H and O–H groups in total. The first kappa shape index (κ1) is 25.7. The van der Waals surface area contributed by atoms with Crippen molar-refractivity contribution in [1.29, 1.82) is 5.26 Å². The van der Waals surface area contributed by atoms with E-state index in [1.54, 1.807) is 20.8 Å². The van der Waals surface area contributed by atoms with Gasteiger partial charge in [-0.05, 0) is 49.2 Å². The zero-order chi connectivity index (χ0) is 27.4. The Bertz CT molecular complexity index is 1340. The van der Waals surface area contributed by atoms with Crippen molar-refractivity contribution in [2.24, 2.45) is 11.3 Å². The Labute approximate surface area is 211 Å². The minimum absolute atomic E-state index is 0.0410. The van der Waals surface area contributed by atoms with Gasteiger partial charge in [0.05, 0.1) is 16.7 Å². The molecule has 0 bridgehead atoms. The Hall–Kier alpha value is -4.43. The van der Waals surface area contributed by atoms with Crippen molar-refractivity contribution >= 4 is 11.8 Å². The lowest BCUT2D eigenvalue weighted by Gasteiger charge is -2.53. The van der Waals surface area contributed by atoms with Crippen LogP contribution < -0.4 is 0 Å². The summed E-state index contributed by atoms with van der Waals surface area (Å²) in [7, 11) is 0. The summed E-state index contributed by atoms with van der Waals surface area (Å²) in [6, 6.07) is 5.93. The zero-order valence-electron chi connectivity index (χ0n) is 20.1. The van der Waals surface area contributed by atoms with Crippen LogP contribution in [0.5, 0.6) is 34.5 Å². The van der Waals surface area contributed by atoms with Gasteiger partial charge in [0, 0.05) is 11.3 Å². The molecule has 0 saturated carbocycles. The quantitative estimate of drug-likeness (QED) is 0.261. The molecule has 4 atom stereocenters. The van der Waals surface area contributed by atoms with Gasteiger partial charge in [-0.1, -0.05) is 13.8 Å². The number of ether oxygens (including phenoxy) is 2.